The van der Waals surface area contributed by atoms with Crippen molar-refractivity contribution in [1.82, 2.24) is 9.80 Å². The first-order chi connectivity index (χ1) is 12.6. The maximum atomic E-state index is 12.5. The zero-order valence-electron chi connectivity index (χ0n) is 15.8. The van der Waals surface area contributed by atoms with E-state index in [0.717, 1.165) is 50.9 Å². The molecule has 2 aliphatic rings. The Balaban J connectivity index is 1.34. The molecular formula is C21H30N2O3. The standard InChI is InChI=1S/C21H30N2O3/c1-17-6-4-7-19(16-17)26-15-5-8-20(24)22-13-9-18(10-14-22)21(25)23-11-2-3-12-23/h4,6-7,16,18H,2-3,5,8-15H2,1H3. The van der Waals surface area contributed by atoms with E-state index in [0.29, 0.717) is 32.0 Å². The van der Waals surface area contributed by atoms with Gasteiger partial charge in [-0.15, -0.1) is 0 Å². The Kier molecular flexibility index (Phi) is 6.53. The fourth-order valence-electron chi connectivity index (χ4n) is 3.85. The van der Waals surface area contributed by atoms with Crippen LogP contribution in [0.15, 0.2) is 24.3 Å². The molecule has 0 radical (unpaired) electrons. The van der Waals surface area contributed by atoms with Crippen LogP contribution in [0.5, 0.6) is 5.75 Å². The number of amides is 2. The molecule has 26 heavy (non-hydrogen) atoms. The number of aryl methyl sites for hydroxylation is 1. The van der Waals surface area contributed by atoms with Crippen LogP contribution >= 0.6 is 0 Å². The topological polar surface area (TPSA) is 49.9 Å². The summed E-state index contributed by atoms with van der Waals surface area (Å²) in [5, 5.41) is 0. The summed E-state index contributed by atoms with van der Waals surface area (Å²) in [6, 6.07) is 7.96. The lowest BCUT2D eigenvalue weighted by molar-refractivity contribution is -0.140. The van der Waals surface area contributed by atoms with E-state index >= 15 is 0 Å². The van der Waals surface area contributed by atoms with Crippen molar-refractivity contribution in [2.75, 3.05) is 32.8 Å². The van der Waals surface area contributed by atoms with Gasteiger partial charge in [-0.25, -0.2) is 0 Å². The van der Waals surface area contributed by atoms with Crippen LogP contribution in [-0.4, -0.2) is 54.4 Å². The van der Waals surface area contributed by atoms with Crippen LogP contribution in [0, 0.1) is 12.8 Å². The lowest BCUT2D eigenvalue weighted by Crippen LogP contribution is -2.43. The lowest BCUT2D eigenvalue weighted by Gasteiger charge is -2.33. The fraction of sp³-hybridized carbons (Fsp3) is 0.619. The van der Waals surface area contributed by atoms with Crippen molar-refractivity contribution in [2.24, 2.45) is 5.92 Å². The Morgan fingerprint density at radius 2 is 1.81 bits per heavy atom. The van der Waals surface area contributed by atoms with Crippen LogP contribution in [0.2, 0.25) is 0 Å². The average Bonchev–Trinajstić information content (AvgIpc) is 3.19. The van der Waals surface area contributed by atoms with Gasteiger partial charge in [0.1, 0.15) is 5.75 Å². The molecule has 1 aromatic rings. The molecule has 0 aliphatic carbocycles. The normalized spacial score (nSPS) is 18.2. The van der Waals surface area contributed by atoms with E-state index in [-0.39, 0.29) is 11.8 Å². The van der Waals surface area contributed by atoms with Gasteiger partial charge in [0.15, 0.2) is 0 Å². The quantitative estimate of drug-likeness (QED) is 0.735. The third-order valence-electron chi connectivity index (χ3n) is 5.41. The summed E-state index contributed by atoms with van der Waals surface area (Å²) in [5.41, 5.74) is 1.17. The highest BCUT2D eigenvalue weighted by Gasteiger charge is 2.30. The third kappa shape index (κ3) is 4.99. The second-order valence-electron chi connectivity index (χ2n) is 7.46. The highest BCUT2D eigenvalue weighted by Crippen LogP contribution is 2.22. The van der Waals surface area contributed by atoms with Crippen molar-refractivity contribution in [2.45, 2.75) is 45.4 Å². The summed E-state index contributed by atoms with van der Waals surface area (Å²) in [4.78, 5) is 28.7. The predicted octanol–water partition coefficient (Wildman–Crippen LogP) is 3.02. The van der Waals surface area contributed by atoms with Gasteiger partial charge in [0.25, 0.3) is 0 Å². The van der Waals surface area contributed by atoms with Crippen molar-refractivity contribution in [3.05, 3.63) is 29.8 Å². The van der Waals surface area contributed by atoms with E-state index in [1.807, 2.05) is 41.0 Å². The van der Waals surface area contributed by atoms with Crippen LogP contribution < -0.4 is 4.74 Å². The number of carbonyl (C=O) groups is 2. The van der Waals surface area contributed by atoms with E-state index in [9.17, 15) is 9.59 Å². The zero-order valence-corrected chi connectivity index (χ0v) is 15.8. The zero-order chi connectivity index (χ0) is 18.4. The minimum absolute atomic E-state index is 0.113. The molecule has 1 aromatic carbocycles. The van der Waals surface area contributed by atoms with E-state index in [4.69, 9.17) is 4.74 Å². The molecule has 0 spiro atoms. The van der Waals surface area contributed by atoms with Gasteiger partial charge >= 0.3 is 0 Å². The third-order valence-corrected chi connectivity index (χ3v) is 5.41. The Bertz CT molecular complexity index is 617. The number of carbonyl (C=O) groups excluding carboxylic acids is 2. The first-order valence-corrected chi connectivity index (χ1v) is 9.89. The number of rotatable bonds is 6. The number of benzene rings is 1. The van der Waals surface area contributed by atoms with Gasteiger partial charge in [-0.2, -0.15) is 0 Å². The van der Waals surface area contributed by atoms with Crippen LogP contribution in [-0.2, 0) is 9.59 Å². The number of likely N-dealkylation sites (tertiary alicyclic amines) is 2. The fourth-order valence-corrected chi connectivity index (χ4v) is 3.85. The molecule has 0 N–H and O–H groups in total. The summed E-state index contributed by atoms with van der Waals surface area (Å²) in [5.74, 6) is 1.46. The smallest absolute Gasteiger partial charge is 0.225 e. The summed E-state index contributed by atoms with van der Waals surface area (Å²) in [7, 11) is 0. The molecule has 5 heteroatoms. The van der Waals surface area contributed by atoms with Crippen LogP contribution in [0.1, 0.15) is 44.1 Å². The Hall–Kier alpha value is -2.04. The van der Waals surface area contributed by atoms with E-state index in [2.05, 4.69) is 0 Å². The lowest BCUT2D eigenvalue weighted by atomic mass is 9.95. The van der Waals surface area contributed by atoms with E-state index < -0.39 is 0 Å². The van der Waals surface area contributed by atoms with E-state index in [1.54, 1.807) is 0 Å². The van der Waals surface area contributed by atoms with Crippen LogP contribution in [0.3, 0.4) is 0 Å². The van der Waals surface area contributed by atoms with Crippen molar-refractivity contribution in [3.8, 4) is 5.75 Å². The van der Waals surface area contributed by atoms with Gasteiger partial charge in [0.05, 0.1) is 6.61 Å². The second kappa shape index (κ2) is 9.06. The summed E-state index contributed by atoms with van der Waals surface area (Å²) in [6.07, 6.45) is 5.11. The van der Waals surface area contributed by atoms with Crippen LogP contribution in [0.4, 0.5) is 0 Å². The average molecular weight is 358 g/mol. The minimum Gasteiger partial charge on any atom is -0.494 e. The molecule has 0 aromatic heterocycles. The molecule has 0 saturated carbocycles. The summed E-state index contributed by atoms with van der Waals surface area (Å²) in [6.45, 7) is 5.84. The maximum Gasteiger partial charge on any atom is 0.225 e. The Labute approximate surface area is 156 Å². The SMILES string of the molecule is Cc1cccc(OCCCC(=O)N2CCC(C(=O)N3CCCC3)CC2)c1. The predicted molar refractivity (Wildman–Crippen MR) is 101 cm³/mol. The molecule has 0 atom stereocenters. The van der Waals surface area contributed by atoms with Gasteiger partial charge in [0, 0.05) is 38.5 Å². The van der Waals surface area contributed by atoms with Gasteiger partial charge in [-0.05, 0) is 56.7 Å². The molecule has 3 rings (SSSR count). The molecule has 2 amide bonds. The molecule has 0 unspecified atom stereocenters. The molecule has 2 aliphatic heterocycles. The summed E-state index contributed by atoms with van der Waals surface area (Å²) >= 11 is 0. The van der Waals surface area contributed by atoms with Gasteiger partial charge in [-0.1, -0.05) is 12.1 Å². The van der Waals surface area contributed by atoms with Gasteiger partial charge < -0.3 is 14.5 Å². The monoisotopic (exact) mass is 358 g/mol. The molecule has 142 valence electrons. The van der Waals surface area contributed by atoms with Gasteiger partial charge in [-0.3, -0.25) is 9.59 Å². The summed E-state index contributed by atoms with van der Waals surface area (Å²) < 4.78 is 5.71. The molecule has 5 nitrogen and oxygen atoms in total. The number of hydrogen-bond donors (Lipinski definition) is 0. The minimum atomic E-state index is 0.113. The van der Waals surface area contributed by atoms with Crippen LogP contribution in [0.25, 0.3) is 0 Å². The van der Waals surface area contributed by atoms with E-state index in [1.165, 1.54) is 5.56 Å². The van der Waals surface area contributed by atoms with Gasteiger partial charge in [0.2, 0.25) is 11.8 Å². The number of piperidine rings is 1. The first kappa shape index (κ1) is 18.7. The molecular weight excluding hydrogens is 328 g/mol. The first-order valence-electron chi connectivity index (χ1n) is 9.89. The number of ether oxygens (including phenoxy) is 1. The second-order valence-corrected chi connectivity index (χ2v) is 7.46. The number of nitrogens with zero attached hydrogens (tertiary/aromatic N) is 2. The van der Waals surface area contributed by atoms with Crippen molar-refractivity contribution < 1.29 is 14.3 Å². The molecule has 2 fully saturated rings. The maximum absolute atomic E-state index is 12.5. The largest absolute Gasteiger partial charge is 0.494 e. The van der Waals surface area contributed by atoms with Crippen molar-refractivity contribution in [1.29, 1.82) is 0 Å². The molecule has 0 bridgehead atoms. The highest BCUT2D eigenvalue weighted by molar-refractivity contribution is 5.80. The highest BCUT2D eigenvalue weighted by atomic mass is 16.5. The number of hydrogen-bond acceptors (Lipinski definition) is 3. The molecule has 2 heterocycles. The van der Waals surface area contributed by atoms with Crippen molar-refractivity contribution in [3.63, 3.8) is 0 Å². The Morgan fingerprint density at radius 3 is 2.50 bits per heavy atom. The molecule has 2 saturated heterocycles. The Morgan fingerprint density at radius 1 is 1.08 bits per heavy atom. The van der Waals surface area contributed by atoms with Crippen molar-refractivity contribution >= 4 is 11.8 Å².